The first kappa shape index (κ1) is 14.8. The van der Waals surface area contributed by atoms with Crippen LogP contribution in [0.1, 0.15) is 47.9 Å². The maximum atomic E-state index is 12.5. The standard InChI is InChI=1S/C15H18N2O2S2/c1-4-5-9-6-10-12(11(18)7-9)15(20-3)21-13(10)14-16-8(2)17-19-14/h9H,4-7H2,1-3H3. The number of hydrogen-bond acceptors (Lipinski definition) is 6. The number of hydrogen-bond donors (Lipinski definition) is 0. The van der Waals surface area contributed by atoms with Crippen LogP contribution in [-0.2, 0) is 6.42 Å². The molecule has 6 heteroatoms. The molecule has 0 fully saturated rings. The third kappa shape index (κ3) is 2.66. The van der Waals surface area contributed by atoms with Gasteiger partial charge in [-0.25, -0.2) is 0 Å². The minimum absolute atomic E-state index is 0.276. The van der Waals surface area contributed by atoms with Crippen molar-refractivity contribution in [3.63, 3.8) is 0 Å². The quantitative estimate of drug-likeness (QED) is 0.782. The Morgan fingerprint density at radius 1 is 1.43 bits per heavy atom. The number of carbonyl (C=O) groups is 1. The molecule has 0 aromatic carbocycles. The van der Waals surface area contributed by atoms with Gasteiger partial charge < -0.3 is 4.52 Å². The second-order valence-electron chi connectivity index (χ2n) is 5.41. The molecule has 0 radical (unpaired) electrons. The second-order valence-corrected chi connectivity index (χ2v) is 7.50. The van der Waals surface area contributed by atoms with Gasteiger partial charge >= 0.3 is 0 Å². The highest BCUT2D eigenvalue weighted by Crippen LogP contribution is 2.45. The van der Waals surface area contributed by atoms with Gasteiger partial charge in [0.1, 0.15) is 0 Å². The first-order chi connectivity index (χ1) is 10.1. The first-order valence-corrected chi connectivity index (χ1v) is 9.21. The zero-order valence-electron chi connectivity index (χ0n) is 12.4. The molecule has 21 heavy (non-hydrogen) atoms. The molecule has 1 atom stereocenters. The molecule has 1 aliphatic carbocycles. The summed E-state index contributed by atoms with van der Waals surface area (Å²) in [5, 5.41) is 3.88. The van der Waals surface area contributed by atoms with Crippen molar-refractivity contribution in [3.8, 4) is 10.8 Å². The number of Topliss-reactive ketones (excluding diaryl/α,β-unsaturated/α-hetero) is 1. The lowest BCUT2D eigenvalue weighted by Crippen LogP contribution is -2.19. The number of aryl methyl sites for hydroxylation is 1. The van der Waals surface area contributed by atoms with E-state index < -0.39 is 0 Å². The Hall–Kier alpha value is -1.14. The number of fused-ring (bicyclic) bond motifs is 1. The lowest BCUT2D eigenvalue weighted by Gasteiger charge is -2.22. The van der Waals surface area contributed by atoms with Crippen molar-refractivity contribution in [3.05, 3.63) is 17.0 Å². The molecule has 0 amide bonds. The van der Waals surface area contributed by atoms with E-state index >= 15 is 0 Å². The summed E-state index contributed by atoms with van der Waals surface area (Å²) in [7, 11) is 0. The number of ketones is 1. The van der Waals surface area contributed by atoms with Gasteiger partial charge in [0.2, 0.25) is 0 Å². The third-order valence-electron chi connectivity index (χ3n) is 3.82. The molecule has 0 spiro atoms. The van der Waals surface area contributed by atoms with E-state index in [1.54, 1.807) is 23.1 Å². The number of nitrogens with zero attached hydrogens (tertiary/aromatic N) is 2. The van der Waals surface area contributed by atoms with Gasteiger partial charge in [0, 0.05) is 12.0 Å². The molecule has 0 aliphatic heterocycles. The number of aromatic nitrogens is 2. The van der Waals surface area contributed by atoms with E-state index in [0.29, 0.717) is 24.1 Å². The minimum Gasteiger partial charge on any atom is -0.333 e. The Morgan fingerprint density at radius 3 is 2.86 bits per heavy atom. The third-order valence-corrected chi connectivity index (χ3v) is 6.16. The highest BCUT2D eigenvalue weighted by Gasteiger charge is 2.33. The van der Waals surface area contributed by atoms with Crippen molar-refractivity contribution in [2.24, 2.45) is 5.92 Å². The normalized spacial score (nSPS) is 18.0. The molecule has 0 saturated heterocycles. The van der Waals surface area contributed by atoms with Crippen LogP contribution in [0.3, 0.4) is 0 Å². The summed E-state index contributed by atoms with van der Waals surface area (Å²) in [5.41, 5.74) is 2.04. The molecule has 0 N–H and O–H groups in total. The van der Waals surface area contributed by atoms with Gasteiger partial charge in [0.15, 0.2) is 11.6 Å². The molecule has 1 aliphatic rings. The van der Waals surface area contributed by atoms with E-state index in [1.807, 2.05) is 13.2 Å². The SMILES string of the molecule is CCCC1CC(=O)c2c(SC)sc(-c3nc(C)no3)c2C1. The first-order valence-electron chi connectivity index (χ1n) is 7.17. The van der Waals surface area contributed by atoms with Crippen LogP contribution < -0.4 is 0 Å². The average molecular weight is 322 g/mol. The molecule has 2 heterocycles. The van der Waals surface area contributed by atoms with Crippen molar-refractivity contribution in [2.45, 2.75) is 43.7 Å². The van der Waals surface area contributed by atoms with Crippen molar-refractivity contribution in [1.29, 1.82) is 0 Å². The van der Waals surface area contributed by atoms with Crippen molar-refractivity contribution < 1.29 is 9.32 Å². The summed E-state index contributed by atoms with van der Waals surface area (Å²) in [6, 6.07) is 0. The van der Waals surface area contributed by atoms with E-state index in [9.17, 15) is 4.79 Å². The summed E-state index contributed by atoms with van der Waals surface area (Å²) in [4.78, 5) is 17.9. The molecular formula is C15H18N2O2S2. The maximum absolute atomic E-state index is 12.5. The van der Waals surface area contributed by atoms with E-state index in [0.717, 1.165) is 39.5 Å². The number of thiophene rings is 1. The van der Waals surface area contributed by atoms with Crippen molar-refractivity contribution in [2.75, 3.05) is 6.26 Å². The van der Waals surface area contributed by atoms with Crippen LogP contribution in [0.25, 0.3) is 10.8 Å². The lowest BCUT2D eigenvalue weighted by molar-refractivity contribution is 0.0944. The predicted octanol–water partition coefficient (Wildman–Crippen LogP) is 4.37. The Kier molecular flexibility index (Phi) is 4.17. The van der Waals surface area contributed by atoms with E-state index in [1.165, 1.54) is 0 Å². The molecule has 4 nitrogen and oxygen atoms in total. The Labute approximate surface area is 132 Å². The van der Waals surface area contributed by atoms with E-state index in [4.69, 9.17) is 4.52 Å². The monoisotopic (exact) mass is 322 g/mol. The topological polar surface area (TPSA) is 56.0 Å². The smallest absolute Gasteiger partial charge is 0.268 e. The summed E-state index contributed by atoms with van der Waals surface area (Å²) in [6.45, 7) is 3.98. The highest BCUT2D eigenvalue weighted by molar-refractivity contribution is 8.00. The molecule has 2 aromatic rings. The number of rotatable bonds is 4. The van der Waals surface area contributed by atoms with E-state index in [-0.39, 0.29) is 5.78 Å². The molecule has 0 saturated carbocycles. The fraction of sp³-hybridized carbons (Fsp3) is 0.533. The minimum atomic E-state index is 0.276. The van der Waals surface area contributed by atoms with Gasteiger partial charge in [-0.05, 0) is 37.5 Å². The average Bonchev–Trinajstić information content (AvgIpc) is 3.02. The number of thioether (sulfide) groups is 1. The summed E-state index contributed by atoms with van der Waals surface area (Å²) >= 11 is 3.24. The van der Waals surface area contributed by atoms with E-state index in [2.05, 4.69) is 17.1 Å². The largest absolute Gasteiger partial charge is 0.333 e. The zero-order chi connectivity index (χ0) is 15.0. The molecule has 2 aromatic heterocycles. The lowest BCUT2D eigenvalue weighted by atomic mass is 9.82. The van der Waals surface area contributed by atoms with Gasteiger partial charge in [-0.2, -0.15) is 4.98 Å². The summed E-state index contributed by atoms with van der Waals surface area (Å²) in [6.07, 6.45) is 5.84. The zero-order valence-corrected chi connectivity index (χ0v) is 14.1. The van der Waals surface area contributed by atoms with Crippen LogP contribution >= 0.6 is 23.1 Å². The van der Waals surface area contributed by atoms with Gasteiger partial charge in [-0.1, -0.05) is 18.5 Å². The molecule has 1 unspecified atom stereocenters. The summed E-state index contributed by atoms with van der Waals surface area (Å²) < 4.78 is 6.41. The fourth-order valence-electron chi connectivity index (χ4n) is 2.96. The molecular weight excluding hydrogens is 304 g/mol. The Morgan fingerprint density at radius 2 is 2.24 bits per heavy atom. The number of carbonyl (C=O) groups excluding carboxylic acids is 1. The van der Waals surface area contributed by atoms with Crippen LogP contribution in [-0.4, -0.2) is 22.2 Å². The van der Waals surface area contributed by atoms with Crippen LogP contribution in [0.15, 0.2) is 8.73 Å². The molecule has 3 rings (SSSR count). The maximum Gasteiger partial charge on any atom is 0.268 e. The van der Waals surface area contributed by atoms with Crippen molar-refractivity contribution in [1.82, 2.24) is 10.1 Å². The highest BCUT2D eigenvalue weighted by atomic mass is 32.2. The van der Waals surface area contributed by atoms with Crippen LogP contribution in [0, 0.1) is 12.8 Å². The van der Waals surface area contributed by atoms with Gasteiger partial charge in [-0.3, -0.25) is 4.79 Å². The van der Waals surface area contributed by atoms with Gasteiger partial charge in [0.25, 0.3) is 5.89 Å². The van der Waals surface area contributed by atoms with Crippen LogP contribution in [0.5, 0.6) is 0 Å². The van der Waals surface area contributed by atoms with Crippen molar-refractivity contribution >= 4 is 28.9 Å². The summed E-state index contributed by atoms with van der Waals surface area (Å²) in [5.74, 6) is 1.91. The predicted molar refractivity (Wildman–Crippen MR) is 85.2 cm³/mol. The second kappa shape index (κ2) is 5.93. The Bertz CT molecular complexity index is 675. The van der Waals surface area contributed by atoms with Gasteiger partial charge in [0.05, 0.1) is 9.09 Å². The Balaban J connectivity index is 2.09. The molecule has 112 valence electrons. The van der Waals surface area contributed by atoms with Crippen LogP contribution in [0.4, 0.5) is 0 Å². The fourth-order valence-corrected chi connectivity index (χ4v) is 4.99. The van der Waals surface area contributed by atoms with Gasteiger partial charge in [-0.15, -0.1) is 23.1 Å². The van der Waals surface area contributed by atoms with Crippen LogP contribution in [0.2, 0.25) is 0 Å². The molecule has 0 bridgehead atoms.